The SMILES string of the molecule is c1c(OC2CNC2)nnn1CC1CC1. The number of rotatable bonds is 4. The van der Waals surface area contributed by atoms with Gasteiger partial charge in [-0.2, -0.15) is 0 Å². The summed E-state index contributed by atoms with van der Waals surface area (Å²) in [4.78, 5) is 0. The summed E-state index contributed by atoms with van der Waals surface area (Å²) in [6.07, 6.45) is 4.86. The van der Waals surface area contributed by atoms with Crippen molar-refractivity contribution >= 4 is 0 Å². The van der Waals surface area contributed by atoms with Gasteiger partial charge in [-0.25, -0.2) is 4.68 Å². The maximum atomic E-state index is 5.58. The quantitative estimate of drug-likeness (QED) is 0.735. The number of aromatic nitrogens is 3. The van der Waals surface area contributed by atoms with Crippen molar-refractivity contribution in [3.05, 3.63) is 6.20 Å². The van der Waals surface area contributed by atoms with E-state index in [4.69, 9.17) is 4.74 Å². The minimum absolute atomic E-state index is 0.293. The fourth-order valence-corrected chi connectivity index (χ4v) is 1.51. The van der Waals surface area contributed by atoms with Crippen molar-refractivity contribution in [2.24, 2.45) is 5.92 Å². The van der Waals surface area contributed by atoms with Gasteiger partial charge in [0.2, 0.25) is 0 Å². The first-order valence-electron chi connectivity index (χ1n) is 5.17. The van der Waals surface area contributed by atoms with E-state index in [0.29, 0.717) is 12.0 Å². The Morgan fingerprint density at radius 1 is 1.50 bits per heavy atom. The maximum Gasteiger partial charge on any atom is 0.253 e. The highest BCUT2D eigenvalue weighted by molar-refractivity contribution is 5.02. The highest BCUT2D eigenvalue weighted by Gasteiger charge is 2.23. The van der Waals surface area contributed by atoms with Crippen LogP contribution in [0.5, 0.6) is 5.88 Å². The fraction of sp³-hybridized carbons (Fsp3) is 0.778. The number of nitrogens with zero attached hydrogens (tertiary/aromatic N) is 3. The molecule has 0 radical (unpaired) electrons. The predicted octanol–water partition coefficient (Wildman–Crippen LogP) is 0.0387. The molecule has 1 aliphatic carbocycles. The second kappa shape index (κ2) is 3.24. The van der Waals surface area contributed by atoms with Gasteiger partial charge >= 0.3 is 0 Å². The first-order chi connectivity index (χ1) is 6.90. The Labute approximate surface area is 82.4 Å². The summed E-state index contributed by atoms with van der Waals surface area (Å²) in [7, 11) is 0. The van der Waals surface area contributed by atoms with Crippen LogP contribution in [-0.2, 0) is 6.54 Å². The zero-order chi connectivity index (χ0) is 9.38. The maximum absolute atomic E-state index is 5.58. The topological polar surface area (TPSA) is 52.0 Å². The second-order valence-corrected chi connectivity index (χ2v) is 4.12. The Kier molecular flexibility index (Phi) is 1.90. The van der Waals surface area contributed by atoms with E-state index >= 15 is 0 Å². The lowest BCUT2D eigenvalue weighted by Crippen LogP contribution is -2.50. The monoisotopic (exact) mass is 194 g/mol. The van der Waals surface area contributed by atoms with Crippen molar-refractivity contribution in [3.8, 4) is 5.88 Å². The molecular formula is C9H14N4O. The molecule has 1 saturated heterocycles. The van der Waals surface area contributed by atoms with Crippen molar-refractivity contribution in [1.29, 1.82) is 0 Å². The van der Waals surface area contributed by atoms with Gasteiger partial charge in [-0.15, -0.1) is 0 Å². The average Bonchev–Trinajstić information content (AvgIpc) is 2.78. The molecular weight excluding hydrogens is 180 g/mol. The van der Waals surface area contributed by atoms with Crippen LogP contribution >= 0.6 is 0 Å². The van der Waals surface area contributed by atoms with Crippen molar-refractivity contribution in [2.45, 2.75) is 25.5 Å². The Bertz CT molecular complexity index is 316. The van der Waals surface area contributed by atoms with Gasteiger partial charge in [-0.3, -0.25) is 0 Å². The van der Waals surface area contributed by atoms with Crippen LogP contribution in [0.1, 0.15) is 12.8 Å². The lowest BCUT2D eigenvalue weighted by Gasteiger charge is -2.26. The summed E-state index contributed by atoms with van der Waals surface area (Å²) in [6.45, 7) is 2.85. The van der Waals surface area contributed by atoms with Crippen LogP contribution in [0.2, 0.25) is 0 Å². The highest BCUT2D eigenvalue weighted by Crippen LogP contribution is 2.30. The van der Waals surface area contributed by atoms with Crippen molar-refractivity contribution < 1.29 is 4.74 Å². The Morgan fingerprint density at radius 2 is 2.36 bits per heavy atom. The summed E-state index contributed by atoms with van der Waals surface area (Å²) in [5, 5.41) is 11.2. The van der Waals surface area contributed by atoms with E-state index in [2.05, 4.69) is 15.6 Å². The van der Waals surface area contributed by atoms with Crippen molar-refractivity contribution in [1.82, 2.24) is 20.3 Å². The van der Waals surface area contributed by atoms with Crippen LogP contribution in [0.4, 0.5) is 0 Å². The lowest BCUT2D eigenvalue weighted by atomic mass is 10.2. The standard InChI is InChI=1S/C9H14N4O/c1-2-7(1)5-13-6-9(11-12-13)14-8-3-10-4-8/h6-8,10H,1-5H2. The van der Waals surface area contributed by atoms with Gasteiger partial charge in [0, 0.05) is 19.6 Å². The van der Waals surface area contributed by atoms with Crippen LogP contribution in [0, 0.1) is 5.92 Å². The van der Waals surface area contributed by atoms with Gasteiger partial charge < -0.3 is 10.1 Å². The lowest BCUT2D eigenvalue weighted by molar-refractivity contribution is 0.136. The van der Waals surface area contributed by atoms with Crippen LogP contribution in [0.3, 0.4) is 0 Å². The van der Waals surface area contributed by atoms with Crippen molar-refractivity contribution in [3.63, 3.8) is 0 Å². The molecule has 0 amide bonds. The summed E-state index contributed by atoms with van der Waals surface area (Å²) >= 11 is 0. The van der Waals surface area contributed by atoms with E-state index in [1.807, 2.05) is 10.9 Å². The third kappa shape index (κ3) is 1.72. The largest absolute Gasteiger partial charge is 0.469 e. The van der Waals surface area contributed by atoms with Gasteiger partial charge in [0.15, 0.2) is 0 Å². The molecule has 0 spiro atoms. The molecule has 0 bridgehead atoms. The first kappa shape index (κ1) is 8.23. The zero-order valence-electron chi connectivity index (χ0n) is 8.02. The molecule has 5 nitrogen and oxygen atoms in total. The van der Waals surface area contributed by atoms with Gasteiger partial charge in [-0.1, -0.05) is 10.3 Å². The fourth-order valence-electron chi connectivity index (χ4n) is 1.51. The van der Waals surface area contributed by atoms with Gasteiger partial charge in [0.1, 0.15) is 6.10 Å². The molecule has 3 rings (SSSR count). The molecule has 1 aliphatic heterocycles. The molecule has 2 aliphatic rings. The normalized spacial score (nSPS) is 22.0. The zero-order valence-corrected chi connectivity index (χ0v) is 8.02. The molecule has 0 unspecified atom stereocenters. The molecule has 1 N–H and O–H groups in total. The van der Waals surface area contributed by atoms with E-state index in [1.54, 1.807) is 0 Å². The molecule has 1 aromatic rings. The van der Waals surface area contributed by atoms with Gasteiger partial charge in [0.05, 0.1) is 6.20 Å². The molecule has 5 heteroatoms. The number of ether oxygens (including phenoxy) is 1. The minimum Gasteiger partial charge on any atom is -0.469 e. The van der Waals surface area contributed by atoms with E-state index in [0.717, 1.165) is 25.6 Å². The molecule has 14 heavy (non-hydrogen) atoms. The van der Waals surface area contributed by atoms with Crippen LogP contribution in [-0.4, -0.2) is 34.2 Å². The third-order valence-electron chi connectivity index (χ3n) is 2.69. The number of hydrogen-bond donors (Lipinski definition) is 1. The molecule has 0 aromatic carbocycles. The highest BCUT2D eigenvalue weighted by atomic mass is 16.5. The second-order valence-electron chi connectivity index (χ2n) is 4.12. The van der Waals surface area contributed by atoms with E-state index in [-0.39, 0.29) is 0 Å². The molecule has 2 heterocycles. The molecule has 2 fully saturated rings. The summed E-state index contributed by atoms with van der Waals surface area (Å²) < 4.78 is 7.46. The third-order valence-corrected chi connectivity index (χ3v) is 2.69. The number of nitrogens with one attached hydrogen (secondary N) is 1. The summed E-state index contributed by atoms with van der Waals surface area (Å²) in [5.41, 5.74) is 0. The van der Waals surface area contributed by atoms with E-state index in [9.17, 15) is 0 Å². The molecule has 1 saturated carbocycles. The summed E-state index contributed by atoms with van der Waals surface area (Å²) in [6, 6.07) is 0. The molecule has 76 valence electrons. The Hall–Kier alpha value is -1.10. The smallest absolute Gasteiger partial charge is 0.253 e. The average molecular weight is 194 g/mol. The summed E-state index contributed by atoms with van der Waals surface area (Å²) in [5.74, 6) is 1.49. The predicted molar refractivity (Wildman–Crippen MR) is 50.0 cm³/mol. The van der Waals surface area contributed by atoms with Crippen LogP contribution < -0.4 is 10.1 Å². The van der Waals surface area contributed by atoms with Crippen LogP contribution in [0.25, 0.3) is 0 Å². The molecule has 1 aromatic heterocycles. The Morgan fingerprint density at radius 3 is 3.00 bits per heavy atom. The van der Waals surface area contributed by atoms with Crippen molar-refractivity contribution in [2.75, 3.05) is 13.1 Å². The van der Waals surface area contributed by atoms with Gasteiger partial charge in [0.25, 0.3) is 5.88 Å². The first-order valence-corrected chi connectivity index (χ1v) is 5.17. The van der Waals surface area contributed by atoms with E-state index < -0.39 is 0 Å². The Balaban J connectivity index is 1.57. The van der Waals surface area contributed by atoms with E-state index in [1.165, 1.54) is 12.8 Å². The minimum atomic E-state index is 0.293. The van der Waals surface area contributed by atoms with Gasteiger partial charge in [-0.05, 0) is 18.8 Å². The molecule has 0 atom stereocenters. The number of hydrogen-bond acceptors (Lipinski definition) is 4. The van der Waals surface area contributed by atoms with Crippen LogP contribution in [0.15, 0.2) is 6.20 Å².